The van der Waals surface area contributed by atoms with E-state index in [9.17, 15) is 22.8 Å². The number of alkyl halides is 3. The lowest BCUT2D eigenvalue weighted by atomic mass is 9.97. The van der Waals surface area contributed by atoms with Crippen LogP contribution in [0.25, 0.3) is 21.9 Å². The molecule has 5 nitrogen and oxygen atoms in total. The fraction of sp³-hybridized carbons (Fsp3) is 0.257. The van der Waals surface area contributed by atoms with E-state index in [4.69, 9.17) is 21.1 Å². The molecule has 0 heterocycles. The molecular formula is C35H33ClF3NO4. The minimum Gasteiger partial charge on any atom is -0.461 e. The minimum absolute atomic E-state index is 0.0708. The average Bonchev–Trinajstić information content (AvgIpc) is 3.55. The number of fused-ring (bicyclic) bond motifs is 1. The Morgan fingerprint density at radius 3 is 2.25 bits per heavy atom. The third-order valence-corrected chi connectivity index (χ3v) is 8.16. The van der Waals surface area contributed by atoms with Crippen LogP contribution in [-0.2, 0) is 16.1 Å². The Labute approximate surface area is 259 Å². The Bertz CT molecular complexity index is 1660. The highest BCUT2D eigenvalue weighted by Crippen LogP contribution is 2.60. The molecule has 1 saturated carbocycles. The highest BCUT2D eigenvalue weighted by molar-refractivity contribution is 6.30. The van der Waals surface area contributed by atoms with Crippen molar-refractivity contribution in [2.75, 3.05) is 7.05 Å². The third kappa shape index (κ3) is 7.61. The normalized spacial score (nSPS) is 17.2. The molecular weight excluding hydrogens is 591 g/mol. The molecule has 4 aromatic carbocycles. The number of hydrogen-bond donors (Lipinski definition) is 1. The lowest BCUT2D eigenvalue weighted by Gasteiger charge is -2.12. The van der Waals surface area contributed by atoms with Crippen LogP contribution in [0.3, 0.4) is 0 Å². The highest BCUT2D eigenvalue weighted by atomic mass is 35.5. The molecule has 0 saturated heterocycles. The van der Waals surface area contributed by atoms with E-state index in [1.54, 1.807) is 19.9 Å². The van der Waals surface area contributed by atoms with Crippen molar-refractivity contribution < 1.29 is 32.2 Å². The molecule has 1 amide bonds. The van der Waals surface area contributed by atoms with Crippen LogP contribution in [0.15, 0.2) is 102 Å². The van der Waals surface area contributed by atoms with Crippen LogP contribution in [0.5, 0.6) is 5.75 Å². The van der Waals surface area contributed by atoms with E-state index in [1.807, 2.05) is 91.9 Å². The molecule has 0 spiro atoms. The quantitative estimate of drug-likeness (QED) is 0.218. The number of esters is 1. The van der Waals surface area contributed by atoms with Crippen LogP contribution in [0.1, 0.15) is 25.0 Å². The van der Waals surface area contributed by atoms with Crippen molar-refractivity contribution in [3.05, 3.63) is 113 Å². The van der Waals surface area contributed by atoms with Crippen LogP contribution >= 0.6 is 11.6 Å². The van der Waals surface area contributed by atoms with Crippen molar-refractivity contribution >= 4 is 34.4 Å². The molecule has 5 rings (SSSR count). The van der Waals surface area contributed by atoms with Crippen LogP contribution < -0.4 is 10.1 Å². The van der Waals surface area contributed by atoms with Gasteiger partial charge in [0.15, 0.2) is 0 Å². The number of carbonyl (C=O) groups excluding carboxylic acids is 2. The zero-order valence-corrected chi connectivity index (χ0v) is 25.5. The van der Waals surface area contributed by atoms with Crippen LogP contribution in [-0.4, -0.2) is 25.3 Å². The summed E-state index contributed by atoms with van der Waals surface area (Å²) in [6, 6.07) is 29.0. The number of carbonyl (C=O) groups is 2. The van der Waals surface area contributed by atoms with Gasteiger partial charge >= 0.3 is 18.2 Å². The first-order valence-corrected chi connectivity index (χ1v) is 14.3. The summed E-state index contributed by atoms with van der Waals surface area (Å²) in [7, 11) is 1.54. The second kappa shape index (κ2) is 13.6. The van der Waals surface area contributed by atoms with Crippen LogP contribution in [0.2, 0.25) is 0 Å². The zero-order chi connectivity index (χ0) is 32.1. The van der Waals surface area contributed by atoms with E-state index in [0.29, 0.717) is 5.75 Å². The summed E-state index contributed by atoms with van der Waals surface area (Å²) in [5, 5.41) is 3.21. The maximum Gasteiger partial charge on any atom is 0.426 e. The number of hydrogen-bond acceptors (Lipinski definition) is 4. The van der Waals surface area contributed by atoms with Crippen LogP contribution in [0.4, 0.5) is 18.0 Å². The van der Waals surface area contributed by atoms with Crippen LogP contribution in [0, 0.1) is 24.2 Å². The van der Waals surface area contributed by atoms with Gasteiger partial charge in [0.25, 0.3) is 0 Å². The summed E-state index contributed by atoms with van der Waals surface area (Å²) < 4.78 is 48.7. The molecule has 2 atom stereocenters. The van der Waals surface area contributed by atoms with Gasteiger partial charge in [-0.05, 0) is 52.0 Å². The number of nitrogens with one attached hydrogen (secondary N) is 1. The van der Waals surface area contributed by atoms with Gasteiger partial charge in [0.1, 0.15) is 17.4 Å². The second-order valence-corrected chi connectivity index (χ2v) is 11.4. The number of allylic oxidation sites excluding steroid dienone is 2. The molecule has 1 fully saturated rings. The fourth-order valence-electron chi connectivity index (χ4n) is 5.14. The lowest BCUT2D eigenvalue weighted by Crippen LogP contribution is -2.22. The van der Waals surface area contributed by atoms with Gasteiger partial charge in [-0.25, -0.2) is 4.79 Å². The molecule has 1 aliphatic rings. The predicted molar refractivity (Wildman–Crippen MR) is 166 cm³/mol. The molecule has 0 radical (unpaired) electrons. The number of amides is 1. The molecule has 0 aromatic heterocycles. The monoisotopic (exact) mass is 623 g/mol. The molecule has 1 N–H and O–H groups in total. The number of rotatable bonds is 6. The Morgan fingerprint density at radius 2 is 1.57 bits per heavy atom. The largest absolute Gasteiger partial charge is 0.461 e. The van der Waals surface area contributed by atoms with E-state index in [2.05, 4.69) is 5.32 Å². The van der Waals surface area contributed by atoms with Crippen molar-refractivity contribution in [2.45, 2.75) is 33.6 Å². The average molecular weight is 624 g/mol. The van der Waals surface area contributed by atoms with Gasteiger partial charge in [0.2, 0.25) is 0 Å². The third-order valence-electron chi connectivity index (χ3n) is 7.82. The molecule has 230 valence electrons. The first kappa shape index (κ1) is 32.6. The molecule has 4 aromatic rings. The van der Waals surface area contributed by atoms with Gasteiger partial charge < -0.3 is 14.8 Å². The van der Waals surface area contributed by atoms with E-state index in [0.717, 1.165) is 39.1 Å². The molecule has 44 heavy (non-hydrogen) atoms. The number of halogens is 4. The Balaban J connectivity index is 0.000000246. The van der Waals surface area contributed by atoms with Gasteiger partial charge in [0.05, 0.1) is 5.92 Å². The van der Waals surface area contributed by atoms with Gasteiger partial charge in [-0.1, -0.05) is 116 Å². The molecule has 1 aliphatic carbocycles. The fourth-order valence-corrected chi connectivity index (χ4v) is 5.27. The number of ether oxygens (including phenoxy) is 2. The van der Waals surface area contributed by atoms with Crippen molar-refractivity contribution in [3.63, 3.8) is 0 Å². The summed E-state index contributed by atoms with van der Waals surface area (Å²) in [6.45, 7) is 5.51. The van der Waals surface area contributed by atoms with Crippen molar-refractivity contribution in [2.24, 2.45) is 17.3 Å². The van der Waals surface area contributed by atoms with Gasteiger partial charge in [0, 0.05) is 12.4 Å². The molecule has 0 bridgehead atoms. The first-order chi connectivity index (χ1) is 20.8. The summed E-state index contributed by atoms with van der Waals surface area (Å²) in [4.78, 5) is 23.6. The SMILES string of the molecule is CNC(=O)Oc1cccc2ccccc12.Cc1c(COC(=O)[C@H]2[C@@H](/C=C(\Cl)C(F)(F)F)C2(C)C)cccc1-c1ccccc1. The number of benzene rings is 4. The highest BCUT2D eigenvalue weighted by Gasteiger charge is 2.62. The lowest BCUT2D eigenvalue weighted by molar-refractivity contribution is -0.147. The first-order valence-electron chi connectivity index (χ1n) is 14.0. The van der Waals surface area contributed by atoms with Gasteiger partial charge in [-0.3, -0.25) is 4.79 Å². The zero-order valence-electron chi connectivity index (χ0n) is 24.7. The van der Waals surface area contributed by atoms with Gasteiger partial charge in [-0.2, -0.15) is 13.2 Å². The van der Waals surface area contributed by atoms with E-state index < -0.39 is 40.5 Å². The Hall–Kier alpha value is -4.30. The van der Waals surface area contributed by atoms with Crippen molar-refractivity contribution in [1.82, 2.24) is 5.32 Å². The maximum atomic E-state index is 12.7. The van der Waals surface area contributed by atoms with Crippen molar-refractivity contribution in [3.8, 4) is 16.9 Å². The predicted octanol–water partition coefficient (Wildman–Crippen LogP) is 9.22. The van der Waals surface area contributed by atoms with E-state index in [1.165, 1.54) is 7.05 Å². The minimum atomic E-state index is -4.61. The smallest absolute Gasteiger partial charge is 0.426 e. The summed E-state index contributed by atoms with van der Waals surface area (Å²) >= 11 is 5.34. The Morgan fingerprint density at radius 1 is 0.932 bits per heavy atom. The molecule has 0 unspecified atom stereocenters. The topological polar surface area (TPSA) is 64.6 Å². The second-order valence-electron chi connectivity index (χ2n) is 11.0. The summed E-state index contributed by atoms with van der Waals surface area (Å²) in [5.74, 6) is -1.17. The molecule has 9 heteroatoms. The standard InChI is InChI=1S/C23H22ClF3O2.C12H11NO2/c1-14-16(10-7-11-17(14)15-8-5-4-6-9-15)13-29-21(28)20-18(22(20,2)3)12-19(24)23(25,26)27;1-13-12(14)15-11-8-4-6-9-5-2-3-7-10(9)11/h4-12,18,20H,13H2,1-3H3;2-8H,1H3,(H,13,14)/b19-12-;/t18-,20-;/m1./s1. The summed E-state index contributed by atoms with van der Waals surface area (Å²) in [5.41, 5.74) is 3.34. The Kier molecular flexibility index (Phi) is 10.0. The van der Waals surface area contributed by atoms with Crippen molar-refractivity contribution in [1.29, 1.82) is 0 Å². The maximum absolute atomic E-state index is 12.7. The van der Waals surface area contributed by atoms with E-state index in [-0.39, 0.29) is 6.61 Å². The van der Waals surface area contributed by atoms with E-state index >= 15 is 0 Å². The van der Waals surface area contributed by atoms with Gasteiger partial charge in [-0.15, -0.1) is 0 Å². The molecule has 0 aliphatic heterocycles. The summed E-state index contributed by atoms with van der Waals surface area (Å²) in [6.07, 6.45) is -4.13.